The van der Waals surface area contributed by atoms with Crippen LogP contribution in [0.2, 0.25) is 0 Å². The van der Waals surface area contributed by atoms with Crippen molar-refractivity contribution in [1.29, 1.82) is 0 Å². The number of anilines is 1. The molecule has 0 unspecified atom stereocenters. The van der Waals surface area contributed by atoms with E-state index in [0.717, 1.165) is 5.56 Å². The predicted molar refractivity (Wildman–Crippen MR) is 136 cm³/mol. The topological polar surface area (TPSA) is 113 Å². The summed E-state index contributed by atoms with van der Waals surface area (Å²) in [5.74, 6) is 0.0619. The summed E-state index contributed by atoms with van der Waals surface area (Å²) in [6, 6.07) is 12.6. The number of nitrogens with one attached hydrogen (secondary N) is 2. The Labute approximate surface area is 200 Å². The minimum Gasteiger partial charge on any atom is -0.387 e. The lowest BCUT2D eigenvalue weighted by atomic mass is 9.95. The number of carbonyl (C=O) groups excluding carboxylic acids is 1. The molecule has 0 atom stereocenters. The number of aryl methyl sites for hydroxylation is 1. The van der Waals surface area contributed by atoms with Crippen molar-refractivity contribution in [2.24, 2.45) is 7.05 Å². The highest BCUT2D eigenvalue weighted by Gasteiger charge is 2.26. The lowest BCUT2D eigenvalue weighted by Crippen LogP contribution is -2.42. The van der Waals surface area contributed by atoms with Crippen molar-refractivity contribution >= 4 is 32.7 Å². The van der Waals surface area contributed by atoms with Gasteiger partial charge < -0.3 is 15.0 Å². The zero-order valence-electron chi connectivity index (χ0n) is 19.4. The number of carbonyl (C=O) groups is 1. The molecular formula is C25H30N4O4S. The molecule has 0 saturated heterocycles. The number of hydrogen-bond acceptors (Lipinski definition) is 5. The number of sulfonamides is 1. The number of aromatic nitrogens is 2. The Hall–Kier alpha value is -3.43. The largest absolute Gasteiger partial charge is 0.387 e. The van der Waals surface area contributed by atoms with Crippen LogP contribution < -0.4 is 10.0 Å². The summed E-state index contributed by atoms with van der Waals surface area (Å²) in [7, 11) is -1.77. The Balaban J connectivity index is 2.10. The van der Waals surface area contributed by atoms with Crippen molar-refractivity contribution in [3.05, 3.63) is 73.3 Å². The van der Waals surface area contributed by atoms with Crippen LogP contribution in [-0.2, 0) is 17.1 Å². The van der Waals surface area contributed by atoms with E-state index in [0.29, 0.717) is 16.9 Å². The lowest BCUT2D eigenvalue weighted by Gasteiger charge is -2.26. The highest BCUT2D eigenvalue weighted by Crippen LogP contribution is 2.29. The molecule has 0 aliphatic heterocycles. The second-order valence-electron chi connectivity index (χ2n) is 8.15. The van der Waals surface area contributed by atoms with Crippen LogP contribution in [0.25, 0.3) is 22.4 Å². The van der Waals surface area contributed by atoms with Gasteiger partial charge in [0.05, 0.1) is 33.6 Å². The molecule has 0 radical (unpaired) electrons. The fourth-order valence-corrected chi connectivity index (χ4v) is 4.41. The van der Waals surface area contributed by atoms with Crippen LogP contribution in [0.4, 0.5) is 5.69 Å². The minimum atomic E-state index is -3.57. The van der Waals surface area contributed by atoms with E-state index < -0.39 is 21.5 Å². The first-order valence-electron chi connectivity index (χ1n) is 10.9. The van der Waals surface area contributed by atoms with Gasteiger partial charge in [0.1, 0.15) is 5.82 Å². The van der Waals surface area contributed by atoms with Gasteiger partial charge in [-0.1, -0.05) is 42.5 Å². The predicted octanol–water partition coefficient (Wildman–Crippen LogP) is 3.62. The zero-order chi connectivity index (χ0) is 24.9. The molecule has 0 fully saturated rings. The minimum absolute atomic E-state index is 0.0281. The first-order chi connectivity index (χ1) is 16.1. The van der Waals surface area contributed by atoms with Crippen molar-refractivity contribution in [3.8, 4) is 11.4 Å². The summed E-state index contributed by atoms with van der Waals surface area (Å²) in [4.78, 5) is 18.0. The maximum atomic E-state index is 13.3. The standard InChI is InChI=1S/C25H30N4O4S/c1-5-13-25(31,14-6-2)17-26-24(30)20-15-19(28-34(32,33)7-3)16-21-22(20)29(4)23(27-21)18-11-9-8-10-12-18/h5-6,8-12,15-16,28,31H,1-2,7,13-14,17H2,3-4H3,(H,26,30). The summed E-state index contributed by atoms with van der Waals surface area (Å²) >= 11 is 0. The van der Waals surface area contributed by atoms with E-state index in [2.05, 4.69) is 28.2 Å². The van der Waals surface area contributed by atoms with Crippen LogP contribution >= 0.6 is 0 Å². The monoisotopic (exact) mass is 482 g/mol. The molecular weight excluding hydrogens is 452 g/mol. The highest BCUT2D eigenvalue weighted by atomic mass is 32.2. The van der Waals surface area contributed by atoms with Crippen LogP contribution in [0.1, 0.15) is 30.1 Å². The second-order valence-corrected chi connectivity index (χ2v) is 10.2. The molecule has 0 aliphatic rings. The number of amides is 1. The smallest absolute Gasteiger partial charge is 0.253 e. The molecule has 1 amide bonds. The van der Waals surface area contributed by atoms with E-state index in [1.165, 1.54) is 13.0 Å². The Kier molecular flexibility index (Phi) is 7.58. The fourth-order valence-electron chi connectivity index (χ4n) is 3.79. The molecule has 2 aromatic carbocycles. The molecule has 3 N–H and O–H groups in total. The van der Waals surface area contributed by atoms with Gasteiger partial charge in [-0.2, -0.15) is 0 Å². The zero-order valence-corrected chi connectivity index (χ0v) is 20.2. The van der Waals surface area contributed by atoms with Crippen LogP contribution in [0.5, 0.6) is 0 Å². The number of aliphatic hydroxyl groups is 1. The van der Waals surface area contributed by atoms with Crippen LogP contribution in [-0.4, -0.2) is 46.9 Å². The van der Waals surface area contributed by atoms with Gasteiger partial charge in [0, 0.05) is 19.2 Å². The SMILES string of the molecule is C=CCC(O)(CC=C)CNC(=O)c1cc(NS(=O)(=O)CC)cc2nc(-c3ccccc3)n(C)c12. The molecule has 3 rings (SSSR count). The molecule has 180 valence electrons. The van der Waals surface area contributed by atoms with E-state index in [1.54, 1.807) is 29.8 Å². The summed E-state index contributed by atoms with van der Waals surface area (Å²) in [6.07, 6.45) is 3.71. The molecule has 3 aromatic rings. The molecule has 0 aliphatic carbocycles. The van der Waals surface area contributed by atoms with Crippen molar-refractivity contribution in [1.82, 2.24) is 14.9 Å². The number of hydrogen-bond donors (Lipinski definition) is 3. The van der Waals surface area contributed by atoms with Crippen LogP contribution in [0.3, 0.4) is 0 Å². The lowest BCUT2D eigenvalue weighted by molar-refractivity contribution is 0.0437. The van der Waals surface area contributed by atoms with Crippen molar-refractivity contribution in [2.75, 3.05) is 17.0 Å². The molecule has 1 aromatic heterocycles. The third kappa shape index (κ3) is 5.55. The molecule has 0 saturated carbocycles. The van der Waals surface area contributed by atoms with Gasteiger partial charge in [0.25, 0.3) is 5.91 Å². The van der Waals surface area contributed by atoms with E-state index in [9.17, 15) is 18.3 Å². The Morgan fingerprint density at radius 3 is 2.41 bits per heavy atom. The van der Waals surface area contributed by atoms with E-state index in [1.807, 2.05) is 30.3 Å². The molecule has 0 spiro atoms. The van der Waals surface area contributed by atoms with Crippen molar-refractivity contribution in [2.45, 2.75) is 25.4 Å². The van der Waals surface area contributed by atoms with Gasteiger partial charge in [0.2, 0.25) is 10.0 Å². The third-order valence-corrected chi connectivity index (χ3v) is 6.83. The summed E-state index contributed by atoms with van der Waals surface area (Å²) in [5.41, 5.74) is 1.13. The van der Waals surface area contributed by atoms with E-state index in [-0.39, 0.29) is 36.4 Å². The van der Waals surface area contributed by atoms with E-state index >= 15 is 0 Å². The average Bonchev–Trinajstić information content (AvgIpc) is 3.14. The van der Waals surface area contributed by atoms with Gasteiger partial charge in [-0.15, -0.1) is 13.2 Å². The van der Waals surface area contributed by atoms with Crippen molar-refractivity contribution in [3.63, 3.8) is 0 Å². The number of benzene rings is 2. The number of fused-ring (bicyclic) bond motifs is 1. The molecule has 34 heavy (non-hydrogen) atoms. The number of imidazole rings is 1. The quantitative estimate of drug-likeness (QED) is 0.361. The third-order valence-electron chi connectivity index (χ3n) is 5.53. The second kappa shape index (κ2) is 10.2. The van der Waals surface area contributed by atoms with Gasteiger partial charge >= 0.3 is 0 Å². The first kappa shape index (κ1) is 25.2. The molecule has 0 bridgehead atoms. The van der Waals surface area contributed by atoms with Crippen LogP contribution in [0.15, 0.2) is 67.8 Å². The molecule has 8 nitrogen and oxygen atoms in total. The van der Waals surface area contributed by atoms with Gasteiger partial charge in [-0.3, -0.25) is 9.52 Å². The number of nitrogens with zero attached hydrogens (tertiary/aromatic N) is 2. The van der Waals surface area contributed by atoms with Crippen LogP contribution in [0, 0.1) is 0 Å². The molecule has 1 heterocycles. The van der Waals surface area contributed by atoms with Gasteiger partial charge in [0.15, 0.2) is 0 Å². The maximum Gasteiger partial charge on any atom is 0.253 e. The highest BCUT2D eigenvalue weighted by molar-refractivity contribution is 7.92. The Morgan fingerprint density at radius 1 is 1.18 bits per heavy atom. The van der Waals surface area contributed by atoms with Gasteiger partial charge in [-0.25, -0.2) is 13.4 Å². The van der Waals surface area contributed by atoms with Gasteiger partial charge in [-0.05, 0) is 31.9 Å². The summed E-state index contributed by atoms with van der Waals surface area (Å²) < 4.78 is 28.7. The average molecular weight is 483 g/mol. The maximum absolute atomic E-state index is 13.3. The summed E-state index contributed by atoms with van der Waals surface area (Å²) in [5, 5.41) is 13.6. The fraction of sp³-hybridized carbons (Fsp3) is 0.280. The summed E-state index contributed by atoms with van der Waals surface area (Å²) in [6.45, 7) is 8.84. The number of rotatable bonds is 11. The Morgan fingerprint density at radius 2 is 1.82 bits per heavy atom. The van der Waals surface area contributed by atoms with E-state index in [4.69, 9.17) is 0 Å². The van der Waals surface area contributed by atoms with Crippen molar-refractivity contribution < 1.29 is 18.3 Å². The Bertz CT molecular complexity index is 1300. The normalized spacial score (nSPS) is 11.9. The molecule has 9 heteroatoms. The first-order valence-corrected chi connectivity index (χ1v) is 12.6.